The van der Waals surface area contributed by atoms with Crippen LogP contribution in [0.1, 0.15) is 11.3 Å². The molecule has 0 aliphatic heterocycles. The number of benzene rings is 1. The summed E-state index contributed by atoms with van der Waals surface area (Å²) in [6.45, 7) is -0.243. The van der Waals surface area contributed by atoms with Gasteiger partial charge < -0.3 is 10.6 Å². The summed E-state index contributed by atoms with van der Waals surface area (Å²) in [6, 6.07) is 7.70. The zero-order chi connectivity index (χ0) is 20.0. The van der Waals surface area contributed by atoms with Crippen molar-refractivity contribution >= 4 is 35.5 Å². The normalized spacial score (nSPS) is 11.4. The fourth-order valence-electron chi connectivity index (χ4n) is 1.94. The molecular formula is C15H14ClF3N6O2. The third-order valence-corrected chi connectivity index (χ3v) is 3.45. The first-order valence-corrected chi connectivity index (χ1v) is 7.62. The predicted molar refractivity (Wildman–Crippen MR) is 93.8 cm³/mol. The number of anilines is 2. The smallest absolute Gasteiger partial charge is 0.417 e. The van der Waals surface area contributed by atoms with E-state index in [1.807, 2.05) is 0 Å². The van der Waals surface area contributed by atoms with E-state index in [0.717, 1.165) is 17.4 Å². The second-order valence-corrected chi connectivity index (χ2v) is 5.46. The van der Waals surface area contributed by atoms with Gasteiger partial charge in [0.1, 0.15) is 18.8 Å². The molecular weight excluding hydrogens is 389 g/mol. The Kier molecular flexibility index (Phi) is 6.42. The number of hydrogen-bond acceptors (Lipinski definition) is 6. The van der Waals surface area contributed by atoms with Gasteiger partial charge in [-0.1, -0.05) is 17.7 Å². The molecule has 5 N–H and O–H groups in total. The zero-order valence-electron chi connectivity index (χ0n) is 13.6. The number of carbonyl (C=O) groups is 1. The van der Waals surface area contributed by atoms with Crippen LogP contribution in [0.25, 0.3) is 0 Å². The van der Waals surface area contributed by atoms with E-state index in [9.17, 15) is 18.0 Å². The van der Waals surface area contributed by atoms with Gasteiger partial charge in [-0.05, 0) is 30.3 Å². The SMILES string of the molecule is N/N=C\N(N)c1cccc(COC(=O)Nc2ccc(Cl)c(C(F)(F)F)c2)n1. The van der Waals surface area contributed by atoms with E-state index < -0.39 is 22.9 Å². The lowest BCUT2D eigenvalue weighted by atomic mass is 10.2. The lowest BCUT2D eigenvalue weighted by Crippen LogP contribution is -2.30. The van der Waals surface area contributed by atoms with E-state index in [4.69, 9.17) is 28.0 Å². The van der Waals surface area contributed by atoms with Crippen LogP contribution in [0.4, 0.5) is 29.5 Å². The fraction of sp³-hybridized carbons (Fsp3) is 0.133. The van der Waals surface area contributed by atoms with E-state index in [2.05, 4.69) is 15.4 Å². The molecule has 1 amide bonds. The molecule has 1 aromatic carbocycles. The number of nitrogens with zero attached hydrogens (tertiary/aromatic N) is 3. The molecule has 1 aromatic heterocycles. The minimum atomic E-state index is -4.65. The van der Waals surface area contributed by atoms with Crippen LogP contribution in [0.15, 0.2) is 41.5 Å². The quantitative estimate of drug-likeness (QED) is 0.306. The van der Waals surface area contributed by atoms with Gasteiger partial charge in [-0.3, -0.25) is 5.32 Å². The highest BCUT2D eigenvalue weighted by molar-refractivity contribution is 6.31. The number of hydrazine groups is 1. The molecule has 0 aliphatic carbocycles. The molecule has 2 rings (SSSR count). The molecule has 8 nitrogen and oxygen atoms in total. The third kappa shape index (κ3) is 5.72. The Labute approximate surface area is 156 Å². The number of hydrazone groups is 1. The van der Waals surface area contributed by atoms with Gasteiger partial charge >= 0.3 is 12.3 Å². The van der Waals surface area contributed by atoms with Crippen LogP contribution in [0.3, 0.4) is 0 Å². The molecule has 144 valence electrons. The molecule has 0 atom stereocenters. The number of alkyl halides is 3. The molecule has 0 bridgehead atoms. The largest absolute Gasteiger partial charge is 0.443 e. The Morgan fingerprint density at radius 1 is 1.37 bits per heavy atom. The Balaban J connectivity index is 2.00. The molecule has 0 saturated carbocycles. The predicted octanol–water partition coefficient (Wildman–Crippen LogP) is 3.08. The number of aromatic nitrogens is 1. The highest BCUT2D eigenvalue weighted by atomic mass is 35.5. The van der Waals surface area contributed by atoms with Crippen molar-refractivity contribution in [1.29, 1.82) is 0 Å². The fourth-order valence-corrected chi connectivity index (χ4v) is 2.16. The molecule has 12 heteroatoms. The first-order valence-electron chi connectivity index (χ1n) is 7.24. The molecule has 0 saturated heterocycles. The van der Waals surface area contributed by atoms with Gasteiger partial charge in [0.25, 0.3) is 0 Å². The minimum Gasteiger partial charge on any atom is -0.443 e. The van der Waals surface area contributed by atoms with Crippen LogP contribution >= 0.6 is 11.6 Å². The van der Waals surface area contributed by atoms with Crippen LogP contribution in [0.2, 0.25) is 5.02 Å². The van der Waals surface area contributed by atoms with Gasteiger partial charge in [-0.2, -0.15) is 18.3 Å². The topological polar surface area (TPSA) is 119 Å². The summed E-state index contributed by atoms with van der Waals surface area (Å²) in [6.07, 6.45) is -4.49. The van der Waals surface area contributed by atoms with Gasteiger partial charge in [0.05, 0.1) is 16.3 Å². The van der Waals surface area contributed by atoms with E-state index in [-0.39, 0.29) is 12.3 Å². The van der Waals surface area contributed by atoms with E-state index >= 15 is 0 Å². The Morgan fingerprint density at radius 2 is 2.11 bits per heavy atom. The van der Waals surface area contributed by atoms with Crippen LogP contribution in [-0.4, -0.2) is 17.4 Å². The molecule has 0 fully saturated rings. The zero-order valence-corrected chi connectivity index (χ0v) is 14.3. The molecule has 0 unspecified atom stereocenters. The molecule has 0 radical (unpaired) electrons. The Morgan fingerprint density at radius 3 is 2.78 bits per heavy atom. The highest BCUT2D eigenvalue weighted by Crippen LogP contribution is 2.36. The second-order valence-electron chi connectivity index (χ2n) is 5.05. The number of amides is 1. The van der Waals surface area contributed by atoms with Crippen LogP contribution in [-0.2, 0) is 17.5 Å². The lowest BCUT2D eigenvalue weighted by Gasteiger charge is -2.13. The van der Waals surface area contributed by atoms with Crippen molar-refractivity contribution in [3.8, 4) is 0 Å². The van der Waals surface area contributed by atoms with E-state index in [0.29, 0.717) is 17.6 Å². The van der Waals surface area contributed by atoms with E-state index in [1.54, 1.807) is 18.2 Å². The van der Waals surface area contributed by atoms with Crippen molar-refractivity contribution in [3.63, 3.8) is 0 Å². The summed E-state index contributed by atoms with van der Waals surface area (Å²) < 4.78 is 43.4. The van der Waals surface area contributed by atoms with Crippen molar-refractivity contribution in [2.75, 3.05) is 10.3 Å². The standard InChI is InChI=1S/C15H14ClF3N6O2/c16-12-5-4-9(6-11(12)15(17,18)19)24-14(26)27-7-10-2-1-3-13(23-10)25(21)8-22-20/h1-6,8H,7,20-21H2,(H,24,26)/b22-8-. The summed E-state index contributed by atoms with van der Waals surface area (Å²) >= 11 is 5.52. The van der Waals surface area contributed by atoms with Gasteiger partial charge in [-0.15, -0.1) is 0 Å². The molecule has 27 heavy (non-hydrogen) atoms. The summed E-state index contributed by atoms with van der Waals surface area (Å²) in [5.41, 5.74) is -0.845. The lowest BCUT2D eigenvalue weighted by molar-refractivity contribution is -0.137. The maximum Gasteiger partial charge on any atom is 0.417 e. The molecule has 2 aromatic rings. The highest BCUT2D eigenvalue weighted by Gasteiger charge is 2.33. The number of nitrogens with two attached hydrogens (primary N) is 2. The van der Waals surface area contributed by atoms with Gasteiger partial charge in [0.2, 0.25) is 0 Å². The maximum absolute atomic E-state index is 12.8. The molecule has 1 heterocycles. The summed E-state index contributed by atoms with van der Waals surface area (Å²) in [4.78, 5) is 15.9. The average Bonchev–Trinajstić information content (AvgIpc) is 2.61. The minimum absolute atomic E-state index is 0.120. The number of ether oxygens (including phenoxy) is 1. The first kappa shape index (κ1) is 20.3. The van der Waals surface area contributed by atoms with Crippen molar-refractivity contribution in [2.45, 2.75) is 12.8 Å². The maximum atomic E-state index is 12.8. The average molecular weight is 403 g/mol. The van der Waals surface area contributed by atoms with Gasteiger partial charge in [0.15, 0.2) is 0 Å². The number of carbonyl (C=O) groups excluding carboxylic acids is 1. The van der Waals surface area contributed by atoms with Crippen molar-refractivity contribution in [1.82, 2.24) is 4.98 Å². The molecule has 0 aliphatic rings. The number of rotatable bonds is 5. The van der Waals surface area contributed by atoms with Crippen molar-refractivity contribution in [2.24, 2.45) is 16.8 Å². The monoisotopic (exact) mass is 402 g/mol. The van der Waals surface area contributed by atoms with Crippen LogP contribution in [0.5, 0.6) is 0 Å². The Bertz CT molecular complexity index is 847. The van der Waals surface area contributed by atoms with E-state index in [1.165, 1.54) is 6.07 Å². The second kappa shape index (κ2) is 8.56. The number of pyridine rings is 1. The first-order chi connectivity index (χ1) is 12.7. The van der Waals surface area contributed by atoms with Gasteiger partial charge in [-0.25, -0.2) is 20.6 Å². The number of hydrogen-bond donors (Lipinski definition) is 3. The van der Waals surface area contributed by atoms with Crippen molar-refractivity contribution in [3.05, 3.63) is 52.7 Å². The summed E-state index contributed by atoms with van der Waals surface area (Å²) in [7, 11) is 0. The van der Waals surface area contributed by atoms with Gasteiger partial charge in [0, 0.05) is 5.69 Å². The van der Waals surface area contributed by atoms with Crippen molar-refractivity contribution < 1.29 is 22.7 Å². The summed E-state index contributed by atoms with van der Waals surface area (Å²) in [5.74, 6) is 10.9. The number of nitrogens with one attached hydrogen (secondary N) is 1. The van der Waals surface area contributed by atoms with Crippen LogP contribution in [0, 0.1) is 0 Å². The number of halogens is 4. The third-order valence-electron chi connectivity index (χ3n) is 3.12. The Hall–Kier alpha value is -3.05. The molecule has 0 spiro atoms. The summed E-state index contributed by atoms with van der Waals surface area (Å²) in [5, 5.41) is 6.01. The van der Waals surface area contributed by atoms with Crippen LogP contribution < -0.4 is 22.0 Å².